The molecule has 0 aromatic heterocycles. The predicted molar refractivity (Wildman–Crippen MR) is 72.8 cm³/mol. The molecule has 2 rings (SSSR count). The van der Waals surface area contributed by atoms with Crippen LogP contribution in [0.3, 0.4) is 0 Å². The number of anilines is 1. The fourth-order valence-corrected chi connectivity index (χ4v) is 2.78. The Labute approximate surface area is 110 Å². The van der Waals surface area contributed by atoms with Crippen LogP contribution < -0.4 is 11.1 Å². The predicted octanol–water partition coefficient (Wildman–Crippen LogP) is 2.95. The van der Waals surface area contributed by atoms with E-state index in [2.05, 4.69) is 28.2 Å². The lowest BCUT2D eigenvalue weighted by atomic mass is 10.1. The molecule has 0 radical (unpaired) electrons. The van der Waals surface area contributed by atoms with Crippen molar-refractivity contribution in [1.29, 1.82) is 0 Å². The van der Waals surface area contributed by atoms with Crippen LogP contribution in [0, 0.1) is 5.92 Å². The van der Waals surface area contributed by atoms with E-state index in [4.69, 9.17) is 5.73 Å². The number of nitrogens with one attached hydrogen (secondary N) is 1. The average Bonchev–Trinajstić information content (AvgIpc) is 2.68. The van der Waals surface area contributed by atoms with Crippen molar-refractivity contribution in [3.8, 4) is 0 Å². The van der Waals surface area contributed by atoms with Gasteiger partial charge < -0.3 is 11.1 Å². The number of carbonyl (C=O) groups is 1. The number of rotatable bonds is 2. The number of benzene rings is 1. The zero-order chi connectivity index (χ0) is 12.4. The molecule has 17 heavy (non-hydrogen) atoms. The molecule has 1 saturated carbocycles. The van der Waals surface area contributed by atoms with Gasteiger partial charge in [-0.1, -0.05) is 19.4 Å². The molecule has 4 heteroatoms. The largest absolute Gasteiger partial charge is 0.398 e. The quantitative estimate of drug-likeness (QED) is 0.825. The van der Waals surface area contributed by atoms with Crippen molar-refractivity contribution in [1.82, 2.24) is 5.32 Å². The summed E-state index contributed by atoms with van der Waals surface area (Å²) >= 11 is 3.36. The van der Waals surface area contributed by atoms with Crippen LogP contribution >= 0.6 is 15.9 Å². The topological polar surface area (TPSA) is 55.1 Å². The number of amides is 1. The molecular formula is C13H17BrN2O. The van der Waals surface area contributed by atoms with Gasteiger partial charge in [0, 0.05) is 11.7 Å². The van der Waals surface area contributed by atoms with Gasteiger partial charge in [-0.05, 0) is 46.8 Å². The van der Waals surface area contributed by atoms with E-state index in [0.717, 1.165) is 6.42 Å². The summed E-state index contributed by atoms with van der Waals surface area (Å²) in [6, 6.07) is 5.66. The third-order valence-electron chi connectivity index (χ3n) is 3.45. The van der Waals surface area contributed by atoms with Crippen molar-refractivity contribution in [3.63, 3.8) is 0 Å². The van der Waals surface area contributed by atoms with Crippen LogP contribution in [-0.2, 0) is 0 Å². The summed E-state index contributed by atoms with van der Waals surface area (Å²) in [7, 11) is 0. The molecule has 3 nitrogen and oxygen atoms in total. The maximum absolute atomic E-state index is 12.1. The Kier molecular flexibility index (Phi) is 3.72. The minimum absolute atomic E-state index is 0.0390. The summed E-state index contributed by atoms with van der Waals surface area (Å²) in [5.74, 6) is 0.529. The highest BCUT2D eigenvalue weighted by Crippen LogP contribution is 2.27. The monoisotopic (exact) mass is 296 g/mol. The highest BCUT2D eigenvalue weighted by atomic mass is 79.9. The van der Waals surface area contributed by atoms with E-state index in [1.165, 1.54) is 12.8 Å². The zero-order valence-corrected chi connectivity index (χ0v) is 11.5. The van der Waals surface area contributed by atoms with Crippen LogP contribution in [0.5, 0.6) is 0 Å². The first-order chi connectivity index (χ1) is 8.09. The number of hydrogen-bond acceptors (Lipinski definition) is 2. The average molecular weight is 297 g/mol. The fourth-order valence-electron chi connectivity index (χ4n) is 2.33. The van der Waals surface area contributed by atoms with Gasteiger partial charge in [0.05, 0.1) is 10.0 Å². The Morgan fingerprint density at radius 1 is 1.47 bits per heavy atom. The second kappa shape index (κ2) is 5.08. The van der Waals surface area contributed by atoms with Crippen LogP contribution in [0.15, 0.2) is 22.7 Å². The Hall–Kier alpha value is -1.03. The third-order valence-corrected chi connectivity index (χ3v) is 4.34. The van der Waals surface area contributed by atoms with Gasteiger partial charge in [-0.3, -0.25) is 4.79 Å². The van der Waals surface area contributed by atoms with Gasteiger partial charge in [-0.25, -0.2) is 0 Å². The highest BCUT2D eigenvalue weighted by Gasteiger charge is 2.25. The highest BCUT2D eigenvalue weighted by molar-refractivity contribution is 9.10. The minimum atomic E-state index is -0.0390. The number of halogens is 1. The second-order valence-electron chi connectivity index (χ2n) is 4.70. The molecular weight excluding hydrogens is 280 g/mol. The van der Waals surface area contributed by atoms with Gasteiger partial charge in [0.15, 0.2) is 0 Å². The maximum Gasteiger partial charge on any atom is 0.252 e. The van der Waals surface area contributed by atoms with Crippen molar-refractivity contribution >= 4 is 27.5 Å². The van der Waals surface area contributed by atoms with Crippen LogP contribution in [0.4, 0.5) is 5.69 Å². The van der Waals surface area contributed by atoms with E-state index < -0.39 is 0 Å². The molecule has 92 valence electrons. The molecule has 0 heterocycles. The molecule has 2 unspecified atom stereocenters. The van der Waals surface area contributed by atoms with Gasteiger partial charge in [-0.2, -0.15) is 0 Å². The van der Waals surface area contributed by atoms with Gasteiger partial charge in [0.2, 0.25) is 0 Å². The Balaban J connectivity index is 2.12. The number of nitrogen functional groups attached to an aromatic ring is 1. The molecule has 1 aliphatic rings. The molecule has 0 spiro atoms. The molecule has 1 fully saturated rings. The summed E-state index contributed by atoms with van der Waals surface area (Å²) in [5, 5.41) is 3.09. The molecule has 2 atom stereocenters. The molecule has 0 aliphatic heterocycles. The molecule has 1 aromatic carbocycles. The van der Waals surface area contributed by atoms with Crippen LogP contribution in [-0.4, -0.2) is 11.9 Å². The van der Waals surface area contributed by atoms with Gasteiger partial charge in [0.1, 0.15) is 0 Å². The third kappa shape index (κ3) is 2.63. The lowest BCUT2D eigenvalue weighted by Crippen LogP contribution is -2.36. The number of carbonyl (C=O) groups excluding carboxylic acids is 1. The standard InChI is InChI=1S/C13H17BrN2O/c1-8-4-2-7-11(8)16-13(17)9-5-3-6-10(15)12(9)14/h3,5-6,8,11H,2,4,7,15H2,1H3,(H,16,17). The van der Waals surface area contributed by atoms with E-state index in [1.54, 1.807) is 18.2 Å². The normalized spacial score (nSPS) is 23.6. The summed E-state index contributed by atoms with van der Waals surface area (Å²) in [6.45, 7) is 2.19. The Morgan fingerprint density at radius 2 is 2.24 bits per heavy atom. The maximum atomic E-state index is 12.1. The molecule has 3 N–H and O–H groups in total. The van der Waals surface area contributed by atoms with E-state index in [-0.39, 0.29) is 5.91 Å². The Morgan fingerprint density at radius 3 is 2.88 bits per heavy atom. The zero-order valence-electron chi connectivity index (χ0n) is 9.87. The SMILES string of the molecule is CC1CCCC1NC(=O)c1cccc(N)c1Br. The van der Waals surface area contributed by atoms with Crippen molar-refractivity contribution in [3.05, 3.63) is 28.2 Å². The van der Waals surface area contributed by atoms with Crippen LogP contribution in [0.25, 0.3) is 0 Å². The first-order valence-corrected chi connectivity index (χ1v) is 6.73. The molecule has 0 saturated heterocycles. The van der Waals surface area contributed by atoms with E-state index in [1.807, 2.05) is 0 Å². The van der Waals surface area contributed by atoms with Crippen LogP contribution in [0.2, 0.25) is 0 Å². The van der Waals surface area contributed by atoms with Crippen molar-refractivity contribution < 1.29 is 4.79 Å². The van der Waals surface area contributed by atoms with E-state index in [9.17, 15) is 4.79 Å². The lowest BCUT2D eigenvalue weighted by molar-refractivity contribution is 0.0929. The second-order valence-corrected chi connectivity index (χ2v) is 5.49. The van der Waals surface area contributed by atoms with E-state index in [0.29, 0.717) is 27.7 Å². The summed E-state index contributed by atoms with van der Waals surface area (Å²) < 4.78 is 0.683. The smallest absolute Gasteiger partial charge is 0.252 e. The number of nitrogens with two attached hydrogens (primary N) is 1. The molecule has 1 aromatic rings. The number of hydrogen-bond donors (Lipinski definition) is 2. The van der Waals surface area contributed by atoms with Gasteiger partial charge in [0.25, 0.3) is 5.91 Å². The summed E-state index contributed by atoms with van der Waals surface area (Å²) in [5.41, 5.74) is 6.98. The van der Waals surface area contributed by atoms with Crippen LogP contribution in [0.1, 0.15) is 36.5 Å². The van der Waals surface area contributed by atoms with Crippen molar-refractivity contribution in [2.24, 2.45) is 5.92 Å². The summed E-state index contributed by atoms with van der Waals surface area (Å²) in [4.78, 5) is 12.1. The lowest BCUT2D eigenvalue weighted by Gasteiger charge is -2.18. The Bertz CT molecular complexity index is 433. The minimum Gasteiger partial charge on any atom is -0.398 e. The van der Waals surface area contributed by atoms with Gasteiger partial charge in [-0.15, -0.1) is 0 Å². The first-order valence-electron chi connectivity index (χ1n) is 5.94. The molecule has 0 bridgehead atoms. The summed E-state index contributed by atoms with van der Waals surface area (Å²) in [6.07, 6.45) is 3.47. The van der Waals surface area contributed by atoms with Crippen molar-refractivity contribution in [2.45, 2.75) is 32.2 Å². The van der Waals surface area contributed by atoms with Crippen molar-refractivity contribution in [2.75, 3.05) is 5.73 Å². The molecule has 1 amide bonds. The first kappa shape index (κ1) is 12.4. The fraction of sp³-hybridized carbons (Fsp3) is 0.462. The van der Waals surface area contributed by atoms with Gasteiger partial charge >= 0.3 is 0 Å². The van der Waals surface area contributed by atoms with E-state index >= 15 is 0 Å². The molecule has 1 aliphatic carbocycles.